The molecule has 2 N–H and O–H groups in total. The average molecular weight is 291 g/mol. The van der Waals surface area contributed by atoms with Gasteiger partial charge in [0.2, 0.25) is 11.8 Å². The van der Waals surface area contributed by atoms with E-state index in [9.17, 15) is 4.79 Å². The fraction of sp³-hybridized carbons (Fsp3) is 0.571. The molecule has 2 rings (SSSR count). The first-order valence-corrected chi connectivity index (χ1v) is 7.28. The standard InChI is InChI=1S/C14H21N5O2/c1-3-5-12-18-14(21-19-12)10(2)17-13(20)7-4-6-11-8-15-16-9-11/h8-10H,3-7H2,1-2H3,(H,15,16)(H,17,20)/t10-/m0/s1. The van der Waals surface area contributed by atoms with Gasteiger partial charge in [-0.15, -0.1) is 0 Å². The van der Waals surface area contributed by atoms with Gasteiger partial charge in [-0.1, -0.05) is 12.1 Å². The van der Waals surface area contributed by atoms with Crippen LogP contribution in [0.3, 0.4) is 0 Å². The van der Waals surface area contributed by atoms with Gasteiger partial charge < -0.3 is 9.84 Å². The van der Waals surface area contributed by atoms with Gasteiger partial charge >= 0.3 is 0 Å². The molecule has 0 spiro atoms. The van der Waals surface area contributed by atoms with E-state index >= 15 is 0 Å². The number of hydrogen-bond acceptors (Lipinski definition) is 5. The molecule has 0 bridgehead atoms. The van der Waals surface area contributed by atoms with Gasteiger partial charge in [-0.25, -0.2) is 0 Å². The third-order valence-electron chi connectivity index (χ3n) is 3.13. The first-order chi connectivity index (χ1) is 10.2. The van der Waals surface area contributed by atoms with Crippen molar-refractivity contribution < 1.29 is 9.32 Å². The summed E-state index contributed by atoms with van der Waals surface area (Å²) < 4.78 is 5.16. The zero-order chi connectivity index (χ0) is 15.1. The van der Waals surface area contributed by atoms with E-state index in [1.54, 1.807) is 6.20 Å². The Hall–Kier alpha value is -2.18. The van der Waals surface area contributed by atoms with Crippen LogP contribution in [0, 0.1) is 0 Å². The summed E-state index contributed by atoms with van der Waals surface area (Å²) >= 11 is 0. The molecule has 7 nitrogen and oxygen atoms in total. The number of aryl methyl sites for hydroxylation is 2. The van der Waals surface area contributed by atoms with E-state index in [2.05, 4.69) is 32.6 Å². The number of carbonyl (C=O) groups is 1. The van der Waals surface area contributed by atoms with Gasteiger partial charge in [0.15, 0.2) is 5.82 Å². The third kappa shape index (κ3) is 4.70. The van der Waals surface area contributed by atoms with Crippen LogP contribution < -0.4 is 5.32 Å². The summed E-state index contributed by atoms with van der Waals surface area (Å²) in [7, 11) is 0. The molecular formula is C14H21N5O2. The fourth-order valence-electron chi connectivity index (χ4n) is 2.01. The molecule has 114 valence electrons. The zero-order valence-electron chi connectivity index (χ0n) is 12.4. The minimum atomic E-state index is -0.260. The molecule has 0 aliphatic carbocycles. The van der Waals surface area contributed by atoms with Crippen LogP contribution in [0.5, 0.6) is 0 Å². The second kappa shape index (κ2) is 7.56. The van der Waals surface area contributed by atoms with E-state index in [0.29, 0.717) is 18.1 Å². The molecule has 0 aliphatic heterocycles. The average Bonchev–Trinajstić information content (AvgIpc) is 3.10. The highest BCUT2D eigenvalue weighted by Crippen LogP contribution is 2.11. The Morgan fingerprint density at radius 3 is 3.05 bits per heavy atom. The summed E-state index contributed by atoms with van der Waals surface area (Å²) in [5.74, 6) is 1.14. The lowest BCUT2D eigenvalue weighted by atomic mass is 10.1. The number of nitrogens with one attached hydrogen (secondary N) is 2. The largest absolute Gasteiger partial charge is 0.345 e. The fourth-order valence-corrected chi connectivity index (χ4v) is 2.01. The number of aromatic amines is 1. The highest BCUT2D eigenvalue weighted by atomic mass is 16.5. The normalized spacial score (nSPS) is 12.3. The van der Waals surface area contributed by atoms with Crippen molar-refractivity contribution in [1.29, 1.82) is 0 Å². The van der Waals surface area contributed by atoms with Gasteiger partial charge in [-0.05, 0) is 31.7 Å². The molecule has 0 aliphatic rings. The van der Waals surface area contributed by atoms with E-state index in [1.807, 2.05) is 13.1 Å². The van der Waals surface area contributed by atoms with E-state index < -0.39 is 0 Å². The van der Waals surface area contributed by atoms with Gasteiger partial charge in [-0.3, -0.25) is 9.89 Å². The molecule has 0 radical (unpaired) electrons. The molecule has 2 aromatic heterocycles. The molecular weight excluding hydrogens is 270 g/mol. The Morgan fingerprint density at radius 1 is 1.48 bits per heavy atom. The quantitative estimate of drug-likeness (QED) is 0.774. The van der Waals surface area contributed by atoms with Gasteiger partial charge in [0.05, 0.1) is 6.20 Å². The minimum absolute atomic E-state index is 0.0127. The van der Waals surface area contributed by atoms with E-state index in [0.717, 1.165) is 31.2 Å². The number of hydrogen-bond donors (Lipinski definition) is 2. The van der Waals surface area contributed by atoms with E-state index in [4.69, 9.17) is 4.52 Å². The maximum absolute atomic E-state index is 11.9. The zero-order valence-corrected chi connectivity index (χ0v) is 12.4. The molecule has 0 unspecified atom stereocenters. The van der Waals surface area contributed by atoms with Crippen LogP contribution >= 0.6 is 0 Å². The SMILES string of the molecule is CCCc1noc([C@H](C)NC(=O)CCCc2cn[nH]c2)n1. The molecule has 2 heterocycles. The van der Waals surface area contributed by atoms with Crippen LogP contribution in [0.25, 0.3) is 0 Å². The first-order valence-electron chi connectivity index (χ1n) is 7.28. The molecule has 0 aromatic carbocycles. The number of H-pyrrole nitrogens is 1. The molecule has 0 saturated heterocycles. The van der Waals surface area contributed by atoms with Crippen molar-refractivity contribution in [3.05, 3.63) is 29.7 Å². The Kier molecular flexibility index (Phi) is 5.48. The van der Waals surface area contributed by atoms with Crippen molar-refractivity contribution in [2.45, 2.75) is 52.0 Å². The number of rotatable bonds is 8. The molecule has 1 atom stereocenters. The Bertz CT molecular complexity index is 549. The Balaban J connectivity index is 1.73. The smallest absolute Gasteiger partial charge is 0.248 e. The first kappa shape index (κ1) is 15.2. The molecule has 7 heteroatoms. The van der Waals surface area contributed by atoms with Crippen LogP contribution in [-0.4, -0.2) is 26.2 Å². The van der Waals surface area contributed by atoms with Crippen LogP contribution in [0.15, 0.2) is 16.9 Å². The summed E-state index contributed by atoms with van der Waals surface area (Å²) in [5, 5.41) is 13.4. The van der Waals surface area contributed by atoms with Crippen LogP contribution in [-0.2, 0) is 17.6 Å². The molecule has 21 heavy (non-hydrogen) atoms. The molecule has 0 saturated carbocycles. The lowest BCUT2D eigenvalue weighted by molar-refractivity contribution is -0.122. The number of aromatic nitrogens is 4. The monoisotopic (exact) mass is 291 g/mol. The molecule has 0 fully saturated rings. The summed E-state index contributed by atoms with van der Waals surface area (Å²) in [6, 6.07) is -0.260. The van der Waals surface area contributed by atoms with Gasteiger partial charge in [0, 0.05) is 19.0 Å². The summed E-state index contributed by atoms with van der Waals surface area (Å²) in [6.07, 6.45) is 7.44. The van der Waals surface area contributed by atoms with E-state index in [1.165, 1.54) is 0 Å². The van der Waals surface area contributed by atoms with Gasteiger partial charge in [-0.2, -0.15) is 10.1 Å². The van der Waals surface area contributed by atoms with Crippen molar-refractivity contribution in [3.8, 4) is 0 Å². The molecule has 2 aromatic rings. The number of carbonyl (C=O) groups excluding carboxylic acids is 1. The number of nitrogens with zero attached hydrogens (tertiary/aromatic N) is 3. The molecule has 1 amide bonds. The van der Waals surface area contributed by atoms with Crippen molar-refractivity contribution in [2.75, 3.05) is 0 Å². The third-order valence-corrected chi connectivity index (χ3v) is 3.13. The van der Waals surface area contributed by atoms with Crippen LogP contribution in [0.4, 0.5) is 0 Å². The van der Waals surface area contributed by atoms with Gasteiger partial charge in [0.25, 0.3) is 0 Å². The summed E-state index contributed by atoms with van der Waals surface area (Å²) in [4.78, 5) is 16.1. The van der Waals surface area contributed by atoms with E-state index in [-0.39, 0.29) is 11.9 Å². The van der Waals surface area contributed by atoms with Crippen molar-refractivity contribution in [2.24, 2.45) is 0 Å². The highest BCUT2D eigenvalue weighted by Gasteiger charge is 2.16. The maximum Gasteiger partial charge on any atom is 0.248 e. The minimum Gasteiger partial charge on any atom is -0.345 e. The summed E-state index contributed by atoms with van der Waals surface area (Å²) in [6.45, 7) is 3.90. The van der Waals surface area contributed by atoms with Crippen LogP contribution in [0.2, 0.25) is 0 Å². The van der Waals surface area contributed by atoms with Gasteiger partial charge in [0.1, 0.15) is 6.04 Å². The Morgan fingerprint density at radius 2 is 2.33 bits per heavy atom. The maximum atomic E-state index is 11.9. The Labute approximate surface area is 123 Å². The number of amides is 1. The predicted molar refractivity (Wildman–Crippen MR) is 76.4 cm³/mol. The van der Waals surface area contributed by atoms with Crippen LogP contribution in [0.1, 0.15) is 56.4 Å². The lowest BCUT2D eigenvalue weighted by Crippen LogP contribution is -2.26. The highest BCUT2D eigenvalue weighted by molar-refractivity contribution is 5.76. The van der Waals surface area contributed by atoms with Crippen molar-refractivity contribution >= 4 is 5.91 Å². The van der Waals surface area contributed by atoms with Crippen molar-refractivity contribution in [1.82, 2.24) is 25.7 Å². The van der Waals surface area contributed by atoms with Crippen molar-refractivity contribution in [3.63, 3.8) is 0 Å². The topological polar surface area (TPSA) is 96.7 Å². The second-order valence-electron chi connectivity index (χ2n) is 5.05. The summed E-state index contributed by atoms with van der Waals surface area (Å²) in [5.41, 5.74) is 1.11. The lowest BCUT2D eigenvalue weighted by Gasteiger charge is -2.09. The second-order valence-corrected chi connectivity index (χ2v) is 5.05. The predicted octanol–water partition coefficient (Wildman–Crippen LogP) is 1.95.